The maximum absolute atomic E-state index is 13.6. The first-order valence-corrected chi connectivity index (χ1v) is 12.6. The summed E-state index contributed by atoms with van der Waals surface area (Å²) in [6.45, 7) is 10.4. The van der Waals surface area contributed by atoms with Crippen LogP contribution in [0.5, 0.6) is 0 Å². The van der Waals surface area contributed by atoms with E-state index in [2.05, 4.69) is 0 Å². The van der Waals surface area contributed by atoms with E-state index in [1.54, 1.807) is 11.0 Å². The van der Waals surface area contributed by atoms with Gasteiger partial charge in [-0.15, -0.1) is 0 Å². The molecule has 0 unspecified atom stereocenters. The van der Waals surface area contributed by atoms with Crippen LogP contribution in [0.2, 0.25) is 0 Å². The Kier molecular flexibility index (Phi) is 5.90. The Morgan fingerprint density at radius 2 is 1.26 bits per heavy atom. The molecule has 2 aliphatic heterocycles. The van der Waals surface area contributed by atoms with E-state index in [4.69, 9.17) is 0 Å². The fraction of sp³-hybridized carbons (Fsp3) is 0.400. The van der Waals surface area contributed by atoms with Crippen LogP contribution < -0.4 is 0 Å². The van der Waals surface area contributed by atoms with Gasteiger partial charge in [-0.05, 0) is 80.6 Å². The van der Waals surface area contributed by atoms with Crippen LogP contribution in [0.3, 0.4) is 0 Å². The fourth-order valence-corrected chi connectivity index (χ4v) is 6.77. The minimum atomic E-state index is -3.72. The summed E-state index contributed by atoms with van der Waals surface area (Å²) in [6.07, 6.45) is 0. The largest absolute Gasteiger partial charge is 0.336 e. The van der Waals surface area contributed by atoms with Crippen molar-refractivity contribution >= 4 is 27.7 Å². The number of amides is 3. The van der Waals surface area contributed by atoms with Gasteiger partial charge in [0.15, 0.2) is 0 Å². The average molecular weight is 484 g/mol. The summed E-state index contributed by atoms with van der Waals surface area (Å²) in [5, 5.41) is 0. The van der Waals surface area contributed by atoms with E-state index in [9.17, 15) is 22.8 Å². The van der Waals surface area contributed by atoms with E-state index >= 15 is 0 Å². The first kappa shape index (κ1) is 24.1. The molecule has 1 saturated heterocycles. The standard InChI is InChI=1S/C25H29N3O5S/c1-14-15(2)17(4)22(18(5)16(14)3)34(32,33)28-11-9-27(10-12-28)23(29)19-7-8-20-21(13-19)25(31)26(6)24(20)30/h7-8,13H,9-12H2,1-6H3. The molecule has 1 fully saturated rings. The van der Waals surface area contributed by atoms with Crippen LogP contribution in [0, 0.1) is 34.6 Å². The third-order valence-corrected chi connectivity index (χ3v) is 9.56. The molecule has 0 atom stereocenters. The zero-order valence-electron chi connectivity index (χ0n) is 20.4. The van der Waals surface area contributed by atoms with Gasteiger partial charge in [-0.3, -0.25) is 19.3 Å². The number of benzene rings is 2. The van der Waals surface area contributed by atoms with Gasteiger partial charge in [-0.25, -0.2) is 8.42 Å². The molecular weight excluding hydrogens is 454 g/mol. The second-order valence-electron chi connectivity index (χ2n) is 9.08. The molecule has 2 aromatic carbocycles. The lowest BCUT2D eigenvalue weighted by Gasteiger charge is -2.35. The van der Waals surface area contributed by atoms with Crippen molar-refractivity contribution in [2.75, 3.05) is 33.2 Å². The topological polar surface area (TPSA) is 95.1 Å². The predicted octanol–water partition coefficient (Wildman–Crippen LogP) is 2.60. The van der Waals surface area contributed by atoms with Crippen molar-refractivity contribution in [2.45, 2.75) is 39.5 Å². The second-order valence-corrected chi connectivity index (χ2v) is 11.0. The van der Waals surface area contributed by atoms with E-state index in [-0.39, 0.29) is 49.1 Å². The Hall–Kier alpha value is -3.04. The molecule has 0 saturated carbocycles. The molecule has 8 nitrogen and oxygen atoms in total. The van der Waals surface area contributed by atoms with E-state index < -0.39 is 15.9 Å². The molecule has 2 aromatic rings. The van der Waals surface area contributed by atoms with Crippen LogP contribution in [0.25, 0.3) is 0 Å². The van der Waals surface area contributed by atoms with Gasteiger partial charge in [0.1, 0.15) is 0 Å². The van der Waals surface area contributed by atoms with Gasteiger partial charge in [-0.2, -0.15) is 4.31 Å². The third kappa shape index (κ3) is 3.54. The van der Waals surface area contributed by atoms with Crippen LogP contribution in [0.1, 0.15) is 58.9 Å². The van der Waals surface area contributed by atoms with Gasteiger partial charge < -0.3 is 4.90 Å². The monoisotopic (exact) mass is 483 g/mol. The first-order valence-electron chi connectivity index (χ1n) is 11.2. The Balaban J connectivity index is 1.54. The van der Waals surface area contributed by atoms with Crippen molar-refractivity contribution in [3.63, 3.8) is 0 Å². The number of nitrogens with zero attached hydrogens (tertiary/aromatic N) is 3. The highest BCUT2D eigenvalue weighted by Gasteiger charge is 2.36. The minimum Gasteiger partial charge on any atom is -0.336 e. The van der Waals surface area contributed by atoms with E-state index in [1.807, 2.05) is 34.6 Å². The predicted molar refractivity (Wildman–Crippen MR) is 128 cm³/mol. The van der Waals surface area contributed by atoms with Gasteiger partial charge in [0.05, 0.1) is 16.0 Å². The third-order valence-electron chi connectivity index (χ3n) is 7.39. The van der Waals surface area contributed by atoms with Crippen LogP contribution >= 0.6 is 0 Å². The number of carbonyl (C=O) groups excluding carboxylic acids is 3. The Morgan fingerprint density at radius 3 is 1.82 bits per heavy atom. The van der Waals surface area contributed by atoms with E-state index in [0.717, 1.165) is 32.7 Å². The van der Waals surface area contributed by atoms with Crippen molar-refractivity contribution in [3.8, 4) is 0 Å². The van der Waals surface area contributed by atoms with Crippen molar-refractivity contribution in [1.29, 1.82) is 0 Å². The number of fused-ring (bicyclic) bond motifs is 1. The minimum absolute atomic E-state index is 0.185. The summed E-state index contributed by atoms with van der Waals surface area (Å²) in [7, 11) is -2.31. The summed E-state index contributed by atoms with van der Waals surface area (Å²) >= 11 is 0. The van der Waals surface area contributed by atoms with Gasteiger partial charge in [0.25, 0.3) is 17.7 Å². The molecule has 180 valence electrons. The fourth-order valence-electron chi connectivity index (χ4n) is 4.79. The molecule has 0 N–H and O–H groups in total. The number of carbonyl (C=O) groups is 3. The van der Waals surface area contributed by atoms with Crippen LogP contribution in [-0.4, -0.2) is 73.5 Å². The van der Waals surface area contributed by atoms with E-state index in [0.29, 0.717) is 10.5 Å². The zero-order valence-corrected chi connectivity index (χ0v) is 21.2. The summed E-state index contributed by atoms with van der Waals surface area (Å²) in [5.74, 6) is -1.10. The molecule has 0 bridgehead atoms. The maximum Gasteiger partial charge on any atom is 0.261 e. The first-order chi connectivity index (χ1) is 15.9. The van der Waals surface area contributed by atoms with Crippen molar-refractivity contribution in [1.82, 2.24) is 14.1 Å². The Labute approximate surface area is 200 Å². The van der Waals surface area contributed by atoms with Crippen molar-refractivity contribution in [2.24, 2.45) is 0 Å². The molecular formula is C25H29N3O5S. The molecule has 0 radical (unpaired) electrons. The Bertz CT molecular complexity index is 1330. The summed E-state index contributed by atoms with van der Waals surface area (Å²) in [5.41, 5.74) is 5.40. The molecule has 9 heteroatoms. The molecule has 2 heterocycles. The lowest BCUT2D eigenvalue weighted by atomic mass is 9.95. The summed E-state index contributed by atoms with van der Waals surface area (Å²) in [6, 6.07) is 4.49. The quantitative estimate of drug-likeness (QED) is 0.626. The number of imide groups is 1. The second kappa shape index (κ2) is 8.32. The number of hydrogen-bond donors (Lipinski definition) is 0. The molecule has 0 aliphatic carbocycles. The van der Waals surface area contributed by atoms with Crippen LogP contribution in [0.4, 0.5) is 0 Å². The average Bonchev–Trinajstić information content (AvgIpc) is 3.04. The van der Waals surface area contributed by atoms with Gasteiger partial charge in [0.2, 0.25) is 10.0 Å². The highest BCUT2D eigenvalue weighted by atomic mass is 32.2. The normalized spacial score (nSPS) is 16.9. The highest BCUT2D eigenvalue weighted by Crippen LogP contribution is 2.32. The van der Waals surface area contributed by atoms with Crippen LogP contribution in [-0.2, 0) is 10.0 Å². The number of sulfonamides is 1. The molecule has 34 heavy (non-hydrogen) atoms. The van der Waals surface area contributed by atoms with Gasteiger partial charge in [0, 0.05) is 38.8 Å². The summed E-state index contributed by atoms with van der Waals surface area (Å²) in [4.78, 5) is 40.4. The SMILES string of the molecule is Cc1c(C)c(C)c(S(=O)(=O)N2CCN(C(=O)c3ccc4c(c3)C(=O)N(C)C4=O)CC2)c(C)c1C. The number of piperazine rings is 1. The molecule has 3 amide bonds. The highest BCUT2D eigenvalue weighted by molar-refractivity contribution is 7.89. The van der Waals surface area contributed by atoms with Gasteiger partial charge >= 0.3 is 0 Å². The lowest BCUT2D eigenvalue weighted by Crippen LogP contribution is -2.50. The smallest absolute Gasteiger partial charge is 0.261 e. The lowest BCUT2D eigenvalue weighted by molar-refractivity contribution is 0.0688. The summed E-state index contributed by atoms with van der Waals surface area (Å²) < 4.78 is 28.6. The number of rotatable bonds is 3. The molecule has 2 aliphatic rings. The van der Waals surface area contributed by atoms with Gasteiger partial charge in [-0.1, -0.05) is 0 Å². The molecule has 0 spiro atoms. The van der Waals surface area contributed by atoms with E-state index in [1.165, 1.54) is 23.5 Å². The zero-order chi connectivity index (χ0) is 25.1. The number of hydrogen-bond acceptors (Lipinski definition) is 5. The molecule has 4 rings (SSSR count). The van der Waals surface area contributed by atoms with Crippen molar-refractivity contribution < 1.29 is 22.8 Å². The maximum atomic E-state index is 13.6. The van der Waals surface area contributed by atoms with Crippen molar-refractivity contribution in [3.05, 3.63) is 62.7 Å². The molecule has 0 aromatic heterocycles. The Morgan fingerprint density at radius 1 is 0.765 bits per heavy atom. The van der Waals surface area contributed by atoms with Crippen LogP contribution in [0.15, 0.2) is 23.1 Å².